The third-order valence-corrected chi connectivity index (χ3v) is 6.35. The SMILES string of the molecule is CC1=CN2C(=NC3C2C(=O)N(Cc2cccc(C)c2)C(=O)N3C)N1Cc1cccc(C)c1. The zero-order chi connectivity index (χ0) is 22.6. The predicted molar refractivity (Wildman–Crippen MR) is 122 cm³/mol. The van der Waals surface area contributed by atoms with E-state index in [0.29, 0.717) is 6.54 Å². The molecule has 1 saturated heterocycles. The quantitative estimate of drug-likeness (QED) is 0.747. The first-order valence-electron chi connectivity index (χ1n) is 10.8. The van der Waals surface area contributed by atoms with Gasteiger partial charge in [-0.2, -0.15) is 0 Å². The third-order valence-electron chi connectivity index (χ3n) is 6.35. The molecule has 7 heteroatoms. The van der Waals surface area contributed by atoms with Crippen LogP contribution in [0.25, 0.3) is 0 Å². The molecule has 2 unspecified atom stereocenters. The van der Waals surface area contributed by atoms with Crippen molar-refractivity contribution in [2.75, 3.05) is 7.05 Å². The predicted octanol–water partition coefficient (Wildman–Crippen LogP) is 3.44. The van der Waals surface area contributed by atoms with Gasteiger partial charge in [0.1, 0.15) is 0 Å². The molecule has 3 aliphatic heterocycles. The van der Waals surface area contributed by atoms with Gasteiger partial charge < -0.3 is 14.7 Å². The molecule has 3 heterocycles. The number of likely N-dealkylation sites (N-methyl/N-ethyl adjacent to an activating group) is 1. The van der Waals surface area contributed by atoms with E-state index in [0.717, 1.165) is 22.8 Å². The number of carbonyl (C=O) groups is 2. The summed E-state index contributed by atoms with van der Waals surface area (Å²) < 4.78 is 0. The number of hydrogen-bond acceptors (Lipinski definition) is 5. The van der Waals surface area contributed by atoms with Gasteiger partial charge in [-0.1, -0.05) is 59.7 Å². The number of aliphatic imine (C=N–C) groups is 1. The Bertz CT molecular complexity index is 1170. The number of hydrogen-bond donors (Lipinski definition) is 0. The molecule has 7 nitrogen and oxygen atoms in total. The van der Waals surface area contributed by atoms with Gasteiger partial charge in [-0.3, -0.25) is 9.69 Å². The number of aryl methyl sites for hydroxylation is 2. The van der Waals surface area contributed by atoms with Crippen molar-refractivity contribution in [1.82, 2.24) is 19.6 Å². The summed E-state index contributed by atoms with van der Waals surface area (Å²) in [6.45, 7) is 7.02. The highest BCUT2D eigenvalue weighted by Gasteiger charge is 2.54. The van der Waals surface area contributed by atoms with E-state index in [2.05, 4.69) is 30.0 Å². The van der Waals surface area contributed by atoms with Crippen molar-refractivity contribution >= 4 is 17.9 Å². The van der Waals surface area contributed by atoms with E-state index in [-0.39, 0.29) is 18.5 Å². The standard InChI is InChI=1S/C25H27N5O2/c1-16-7-5-9-19(11-16)14-28-18(3)13-29-21-22(26-24(28)29)27(4)25(32)30(23(21)31)15-20-10-6-8-17(2)12-20/h5-13,21-22H,14-15H2,1-4H3. The highest BCUT2D eigenvalue weighted by molar-refractivity contribution is 6.04. The molecular formula is C25H27N5O2. The van der Waals surface area contributed by atoms with Gasteiger partial charge in [-0.05, 0) is 31.9 Å². The first-order valence-corrected chi connectivity index (χ1v) is 10.8. The van der Waals surface area contributed by atoms with Crippen molar-refractivity contribution in [2.45, 2.75) is 46.1 Å². The zero-order valence-corrected chi connectivity index (χ0v) is 18.8. The average Bonchev–Trinajstić information content (AvgIpc) is 3.26. The molecule has 0 spiro atoms. The molecular weight excluding hydrogens is 402 g/mol. The first kappa shape index (κ1) is 20.3. The molecule has 0 radical (unpaired) electrons. The first-order chi connectivity index (χ1) is 15.3. The third kappa shape index (κ3) is 3.25. The summed E-state index contributed by atoms with van der Waals surface area (Å²) >= 11 is 0. The van der Waals surface area contributed by atoms with E-state index in [9.17, 15) is 9.59 Å². The second-order valence-corrected chi connectivity index (χ2v) is 8.85. The second-order valence-electron chi connectivity index (χ2n) is 8.85. The van der Waals surface area contributed by atoms with Crippen LogP contribution in [0.15, 0.2) is 65.4 Å². The molecule has 0 N–H and O–H groups in total. The normalized spacial score (nSPS) is 22.2. The molecule has 3 amide bonds. The molecule has 0 bridgehead atoms. The van der Waals surface area contributed by atoms with Crippen LogP contribution in [0.5, 0.6) is 0 Å². The molecule has 0 aliphatic carbocycles. The van der Waals surface area contributed by atoms with Crippen LogP contribution < -0.4 is 0 Å². The Kier molecular flexibility index (Phi) is 4.77. The number of amides is 3. The molecule has 164 valence electrons. The number of carbonyl (C=O) groups excluding carboxylic acids is 2. The minimum absolute atomic E-state index is 0.209. The molecule has 2 aromatic rings. The van der Waals surface area contributed by atoms with Crippen LogP contribution in [0, 0.1) is 13.8 Å². The minimum Gasteiger partial charge on any atom is -0.310 e. The van der Waals surface area contributed by atoms with Gasteiger partial charge in [0.25, 0.3) is 5.91 Å². The average molecular weight is 430 g/mol. The van der Waals surface area contributed by atoms with Crippen molar-refractivity contribution in [3.8, 4) is 0 Å². The number of rotatable bonds is 4. The molecule has 5 rings (SSSR count). The van der Waals surface area contributed by atoms with Gasteiger partial charge in [0.05, 0.1) is 13.1 Å². The Morgan fingerprint density at radius 2 is 1.47 bits per heavy atom. The van der Waals surface area contributed by atoms with E-state index in [1.54, 1.807) is 11.9 Å². The van der Waals surface area contributed by atoms with Crippen LogP contribution in [0.1, 0.15) is 29.2 Å². The largest absolute Gasteiger partial charge is 0.328 e. The van der Waals surface area contributed by atoms with Gasteiger partial charge in [-0.25, -0.2) is 9.79 Å². The van der Waals surface area contributed by atoms with Crippen molar-refractivity contribution in [2.24, 2.45) is 4.99 Å². The molecule has 32 heavy (non-hydrogen) atoms. The Morgan fingerprint density at radius 1 is 0.875 bits per heavy atom. The second kappa shape index (κ2) is 7.51. The summed E-state index contributed by atoms with van der Waals surface area (Å²) in [5, 5.41) is 0. The maximum Gasteiger partial charge on any atom is 0.328 e. The number of urea groups is 1. The summed E-state index contributed by atoms with van der Waals surface area (Å²) in [5.41, 5.74) is 5.44. The lowest BCUT2D eigenvalue weighted by Crippen LogP contribution is -2.63. The van der Waals surface area contributed by atoms with Crippen molar-refractivity contribution < 1.29 is 9.59 Å². The number of nitrogens with zero attached hydrogens (tertiary/aromatic N) is 5. The van der Waals surface area contributed by atoms with E-state index < -0.39 is 12.2 Å². The van der Waals surface area contributed by atoms with Gasteiger partial charge in [0, 0.05) is 18.9 Å². The molecule has 2 aromatic carbocycles. The highest BCUT2D eigenvalue weighted by Crippen LogP contribution is 2.35. The number of fused-ring (bicyclic) bond motifs is 3. The fraction of sp³-hybridized carbons (Fsp3) is 0.320. The highest BCUT2D eigenvalue weighted by atomic mass is 16.2. The lowest BCUT2D eigenvalue weighted by atomic mass is 10.1. The monoisotopic (exact) mass is 429 g/mol. The molecule has 2 atom stereocenters. The fourth-order valence-corrected chi connectivity index (χ4v) is 4.73. The summed E-state index contributed by atoms with van der Waals surface area (Å²) in [5.74, 6) is 0.518. The maximum atomic E-state index is 13.5. The van der Waals surface area contributed by atoms with Crippen LogP contribution >= 0.6 is 0 Å². The molecule has 0 aromatic heterocycles. The summed E-state index contributed by atoms with van der Waals surface area (Å²) in [6.07, 6.45) is 1.45. The summed E-state index contributed by atoms with van der Waals surface area (Å²) in [6, 6.07) is 15.4. The molecule has 0 saturated carbocycles. The Hall–Kier alpha value is -3.61. The summed E-state index contributed by atoms with van der Waals surface area (Å²) in [4.78, 5) is 38.4. The van der Waals surface area contributed by atoms with Crippen molar-refractivity contribution in [3.63, 3.8) is 0 Å². The van der Waals surface area contributed by atoms with Crippen LogP contribution in [0.3, 0.4) is 0 Å². The summed E-state index contributed by atoms with van der Waals surface area (Å²) in [7, 11) is 1.73. The van der Waals surface area contributed by atoms with Crippen molar-refractivity contribution in [1.29, 1.82) is 0 Å². The van der Waals surface area contributed by atoms with E-state index in [1.807, 2.05) is 55.3 Å². The molecule has 1 fully saturated rings. The number of benzene rings is 2. The number of imide groups is 1. The van der Waals surface area contributed by atoms with Gasteiger partial charge in [0.2, 0.25) is 5.96 Å². The zero-order valence-electron chi connectivity index (χ0n) is 18.8. The fourth-order valence-electron chi connectivity index (χ4n) is 4.73. The Balaban J connectivity index is 1.42. The van der Waals surface area contributed by atoms with Gasteiger partial charge >= 0.3 is 6.03 Å². The Morgan fingerprint density at radius 3 is 2.06 bits per heavy atom. The lowest BCUT2D eigenvalue weighted by Gasteiger charge is -2.40. The lowest BCUT2D eigenvalue weighted by molar-refractivity contribution is -0.137. The van der Waals surface area contributed by atoms with Crippen LogP contribution in [-0.4, -0.2) is 56.8 Å². The van der Waals surface area contributed by atoms with Crippen molar-refractivity contribution in [3.05, 3.63) is 82.7 Å². The van der Waals surface area contributed by atoms with Gasteiger partial charge in [0.15, 0.2) is 12.2 Å². The number of allylic oxidation sites excluding steroid dienone is 1. The van der Waals surface area contributed by atoms with Crippen LogP contribution in [0.4, 0.5) is 4.79 Å². The topological polar surface area (TPSA) is 59.5 Å². The number of guanidine groups is 1. The van der Waals surface area contributed by atoms with E-state index >= 15 is 0 Å². The van der Waals surface area contributed by atoms with E-state index in [1.165, 1.54) is 16.0 Å². The van der Waals surface area contributed by atoms with Crippen LogP contribution in [0.2, 0.25) is 0 Å². The minimum atomic E-state index is -0.546. The van der Waals surface area contributed by atoms with Crippen LogP contribution in [-0.2, 0) is 17.9 Å². The van der Waals surface area contributed by atoms with E-state index in [4.69, 9.17) is 4.99 Å². The Labute approximate surface area is 188 Å². The molecule has 3 aliphatic rings. The van der Waals surface area contributed by atoms with Gasteiger partial charge in [-0.15, -0.1) is 0 Å². The smallest absolute Gasteiger partial charge is 0.310 e. The maximum absolute atomic E-state index is 13.5.